The minimum Gasteiger partial charge on any atom is -0.497 e. The molecule has 174 valence electrons. The fraction of sp³-hybridized carbons (Fsp3) is 0.417. The third kappa shape index (κ3) is 7.86. The molecule has 1 unspecified atom stereocenters. The summed E-state index contributed by atoms with van der Waals surface area (Å²) in [6.45, 7) is 8.23. The van der Waals surface area contributed by atoms with Crippen molar-refractivity contribution in [3.05, 3.63) is 53.6 Å². The van der Waals surface area contributed by atoms with E-state index >= 15 is 0 Å². The summed E-state index contributed by atoms with van der Waals surface area (Å²) in [5.74, 6) is -0.00148. The van der Waals surface area contributed by atoms with Gasteiger partial charge in [-0.3, -0.25) is 4.79 Å². The quantitative estimate of drug-likeness (QED) is 0.483. The maximum atomic E-state index is 12.5. The van der Waals surface area contributed by atoms with Crippen LogP contribution in [0.1, 0.15) is 48.4 Å². The number of nitrogens with one attached hydrogen (secondary N) is 2. The van der Waals surface area contributed by atoms with E-state index in [-0.39, 0.29) is 36.0 Å². The monoisotopic (exact) mass is 444 g/mol. The van der Waals surface area contributed by atoms with Gasteiger partial charge in [0.05, 0.1) is 13.7 Å². The van der Waals surface area contributed by atoms with Crippen molar-refractivity contribution < 1.29 is 28.9 Å². The van der Waals surface area contributed by atoms with Crippen LogP contribution in [0.2, 0.25) is 0 Å². The first-order chi connectivity index (χ1) is 15.1. The van der Waals surface area contributed by atoms with Crippen molar-refractivity contribution in [3.63, 3.8) is 0 Å². The minimum atomic E-state index is -0.765. The van der Waals surface area contributed by atoms with E-state index in [0.717, 1.165) is 0 Å². The number of esters is 1. The summed E-state index contributed by atoms with van der Waals surface area (Å²) < 4.78 is 15.9. The Labute approximate surface area is 188 Å². The number of anilines is 1. The molecule has 2 rings (SSSR count). The minimum absolute atomic E-state index is 0.00691. The molecule has 3 N–H and O–H groups in total. The van der Waals surface area contributed by atoms with Gasteiger partial charge in [-0.15, -0.1) is 0 Å². The highest BCUT2D eigenvalue weighted by Crippen LogP contribution is 2.25. The summed E-state index contributed by atoms with van der Waals surface area (Å²) in [7, 11) is 1.55. The van der Waals surface area contributed by atoms with Gasteiger partial charge in [-0.1, -0.05) is 0 Å². The molecule has 0 spiro atoms. The Bertz CT molecular complexity index is 906. The van der Waals surface area contributed by atoms with E-state index in [0.29, 0.717) is 23.5 Å². The number of ether oxygens (including phenoxy) is 3. The Morgan fingerprint density at radius 2 is 1.78 bits per heavy atom. The van der Waals surface area contributed by atoms with Gasteiger partial charge in [-0.2, -0.15) is 0 Å². The van der Waals surface area contributed by atoms with Crippen LogP contribution in [0.15, 0.2) is 42.5 Å². The van der Waals surface area contributed by atoms with E-state index in [1.165, 1.54) is 6.07 Å². The molecule has 0 radical (unpaired) electrons. The normalized spacial score (nSPS) is 12.1. The maximum absolute atomic E-state index is 12.5. The zero-order valence-electron chi connectivity index (χ0n) is 19.2. The van der Waals surface area contributed by atoms with Crippen molar-refractivity contribution in [2.24, 2.45) is 0 Å². The van der Waals surface area contributed by atoms with Crippen LogP contribution in [0.4, 0.5) is 5.69 Å². The summed E-state index contributed by atoms with van der Waals surface area (Å²) in [5, 5.41) is 16.1. The molecule has 0 aromatic heterocycles. The molecular formula is C24H32N2O6. The van der Waals surface area contributed by atoms with E-state index in [1.54, 1.807) is 50.4 Å². The fourth-order valence-electron chi connectivity index (χ4n) is 2.72. The Morgan fingerprint density at radius 1 is 1.09 bits per heavy atom. The molecule has 0 aliphatic carbocycles. The lowest BCUT2D eigenvalue weighted by Gasteiger charge is -2.23. The number of carbonyl (C=O) groups is 2. The predicted molar refractivity (Wildman–Crippen MR) is 123 cm³/mol. The van der Waals surface area contributed by atoms with E-state index in [9.17, 15) is 14.7 Å². The lowest BCUT2D eigenvalue weighted by molar-refractivity contribution is 0.0515. The van der Waals surface area contributed by atoms with Crippen LogP contribution in [-0.4, -0.2) is 55.5 Å². The van der Waals surface area contributed by atoms with Crippen molar-refractivity contribution in [1.29, 1.82) is 0 Å². The maximum Gasteiger partial charge on any atom is 0.341 e. The number of benzene rings is 2. The summed E-state index contributed by atoms with van der Waals surface area (Å²) >= 11 is 0. The first kappa shape index (κ1) is 25.2. The largest absolute Gasteiger partial charge is 0.497 e. The molecular weight excluding hydrogens is 412 g/mol. The number of carbonyl (C=O) groups excluding carboxylic acids is 2. The molecule has 0 bridgehead atoms. The van der Waals surface area contributed by atoms with E-state index in [2.05, 4.69) is 10.6 Å². The molecule has 0 saturated carbocycles. The van der Waals surface area contributed by atoms with Crippen molar-refractivity contribution in [2.75, 3.05) is 32.2 Å². The van der Waals surface area contributed by atoms with Crippen LogP contribution in [0.3, 0.4) is 0 Å². The molecule has 0 heterocycles. The molecule has 0 aliphatic heterocycles. The van der Waals surface area contributed by atoms with Crippen LogP contribution in [0, 0.1) is 0 Å². The lowest BCUT2D eigenvalue weighted by Crippen LogP contribution is -2.42. The SMILES string of the molecule is CCOC(=O)c1cc(NC(=O)c2ccc(OC)cc2)ccc1OCC(O)CNC(C)(C)C. The van der Waals surface area contributed by atoms with Gasteiger partial charge in [0.15, 0.2) is 0 Å². The van der Waals surface area contributed by atoms with Crippen LogP contribution >= 0.6 is 0 Å². The number of aliphatic hydroxyl groups excluding tert-OH is 1. The van der Waals surface area contributed by atoms with Gasteiger partial charge in [0.25, 0.3) is 5.91 Å². The molecule has 0 saturated heterocycles. The Hall–Kier alpha value is -3.10. The second-order valence-corrected chi connectivity index (χ2v) is 8.21. The number of hydrogen-bond donors (Lipinski definition) is 3. The van der Waals surface area contributed by atoms with Crippen LogP contribution in [-0.2, 0) is 4.74 Å². The average Bonchev–Trinajstić information content (AvgIpc) is 2.76. The van der Waals surface area contributed by atoms with Gasteiger partial charge in [0, 0.05) is 23.3 Å². The molecule has 0 aliphatic rings. The lowest BCUT2D eigenvalue weighted by atomic mass is 10.1. The molecule has 1 atom stereocenters. The highest BCUT2D eigenvalue weighted by Gasteiger charge is 2.18. The number of amides is 1. The van der Waals surface area contributed by atoms with Crippen molar-refractivity contribution in [1.82, 2.24) is 5.32 Å². The topological polar surface area (TPSA) is 106 Å². The summed E-state index contributed by atoms with van der Waals surface area (Å²) in [5.41, 5.74) is 0.880. The van der Waals surface area contributed by atoms with Gasteiger partial charge in [-0.05, 0) is 70.2 Å². The average molecular weight is 445 g/mol. The van der Waals surface area contributed by atoms with Gasteiger partial charge in [0.1, 0.15) is 29.8 Å². The third-order valence-electron chi connectivity index (χ3n) is 4.38. The standard InChI is InChI=1S/C24H32N2O6/c1-6-31-23(29)20-13-17(26-22(28)16-7-10-19(30-5)11-8-16)9-12-21(20)32-15-18(27)14-25-24(2,3)4/h7-13,18,25,27H,6,14-15H2,1-5H3,(H,26,28). The van der Waals surface area contributed by atoms with E-state index in [4.69, 9.17) is 14.2 Å². The van der Waals surface area contributed by atoms with E-state index < -0.39 is 12.1 Å². The fourth-order valence-corrected chi connectivity index (χ4v) is 2.72. The molecule has 8 nitrogen and oxygen atoms in total. The van der Waals surface area contributed by atoms with Crippen molar-refractivity contribution in [2.45, 2.75) is 39.3 Å². The molecule has 2 aromatic rings. The van der Waals surface area contributed by atoms with Gasteiger partial charge < -0.3 is 30.0 Å². The second-order valence-electron chi connectivity index (χ2n) is 8.21. The van der Waals surface area contributed by atoms with Crippen LogP contribution in [0.5, 0.6) is 11.5 Å². The number of methoxy groups -OCH3 is 1. The number of hydrogen-bond acceptors (Lipinski definition) is 7. The Kier molecular flexibility index (Phi) is 9.04. The number of β-amino-alcohol motifs (C(OH)–C–C–N with tert-alkyl or cyclic N) is 1. The summed E-state index contributed by atoms with van der Waals surface area (Å²) in [6.07, 6.45) is -0.765. The Balaban J connectivity index is 2.12. The molecule has 32 heavy (non-hydrogen) atoms. The van der Waals surface area contributed by atoms with Gasteiger partial charge in [0.2, 0.25) is 0 Å². The predicted octanol–water partition coefficient (Wildman–Crippen LogP) is 3.25. The van der Waals surface area contributed by atoms with Crippen molar-refractivity contribution >= 4 is 17.6 Å². The molecule has 2 aromatic carbocycles. The zero-order chi connectivity index (χ0) is 23.7. The molecule has 1 amide bonds. The van der Waals surface area contributed by atoms with Crippen LogP contribution < -0.4 is 20.1 Å². The second kappa shape index (κ2) is 11.5. The van der Waals surface area contributed by atoms with Crippen LogP contribution in [0.25, 0.3) is 0 Å². The van der Waals surface area contributed by atoms with Gasteiger partial charge in [-0.25, -0.2) is 4.79 Å². The highest BCUT2D eigenvalue weighted by atomic mass is 16.5. The molecule has 8 heteroatoms. The van der Waals surface area contributed by atoms with E-state index in [1.807, 2.05) is 20.8 Å². The number of aliphatic hydroxyl groups is 1. The number of rotatable bonds is 10. The first-order valence-corrected chi connectivity index (χ1v) is 10.5. The molecule has 0 fully saturated rings. The van der Waals surface area contributed by atoms with Crippen molar-refractivity contribution in [3.8, 4) is 11.5 Å². The van der Waals surface area contributed by atoms with Gasteiger partial charge >= 0.3 is 5.97 Å². The highest BCUT2D eigenvalue weighted by molar-refractivity contribution is 6.05. The zero-order valence-corrected chi connectivity index (χ0v) is 19.2. The smallest absolute Gasteiger partial charge is 0.341 e. The summed E-state index contributed by atoms with van der Waals surface area (Å²) in [6, 6.07) is 11.4. The Morgan fingerprint density at radius 3 is 2.38 bits per heavy atom. The summed E-state index contributed by atoms with van der Waals surface area (Å²) in [4.78, 5) is 25.0. The third-order valence-corrected chi connectivity index (χ3v) is 4.38. The first-order valence-electron chi connectivity index (χ1n) is 10.5.